The van der Waals surface area contributed by atoms with Gasteiger partial charge in [-0.1, -0.05) is 181 Å². The van der Waals surface area contributed by atoms with E-state index in [0.29, 0.717) is 12.8 Å². The van der Waals surface area contributed by atoms with Crippen molar-refractivity contribution in [2.45, 2.75) is 361 Å². The highest BCUT2D eigenvalue weighted by Crippen LogP contribution is 2.39. The molecule has 0 bridgehead atoms. The Kier molecular flexibility index (Phi) is 40.6. The third-order valence-corrected chi connectivity index (χ3v) is 19.6. The second-order valence-electron chi connectivity index (χ2n) is 27.3. The van der Waals surface area contributed by atoms with E-state index in [2.05, 4.69) is 19.2 Å². The van der Waals surface area contributed by atoms with Crippen LogP contribution in [0.5, 0.6) is 0 Å². The summed E-state index contributed by atoms with van der Waals surface area (Å²) in [6, 6.07) is -1.05. The van der Waals surface area contributed by atoms with Crippen LogP contribution >= 0.6 is 0 Å². The van der Waals surface area contributed by atoms with E-state index in [9.17, 15) is 86.5 Å². The van der Waals surface area contributed by atoms with Crippen molar-refractivity contribution >= 4 is 5.91 Å². The van der Waals surface area contributed by atoms with Crippen LogP contribution in [0.15, 0.2) is 12.2 Å². The van der Waals surface area contributed by atoms with Gasteiger partial charge in [-0.25, -0.2) is 0 Å². The molecule has 28 nitrogen and oxygen atoms in total. The molecule has 0 radical (unpaired) electrons. The highest BCUT2D eigenvalue weighted by Gasteiger charge is 2.57. The largest absolute Gasteiger partial charge is 0.394 e. The van der Waals surface area contributed by atoms with Crippen molar-refractivity contribution in [2.75, 3.05) is 39.6 Å². The molecule has 17 N–H and O–H groups in total. The Labute approximate surface area is 567 Å². The summed E-state index contributed by atoms with van der Waals surface area (Å²) in [6.07, 6.45) is -10.5. The first-order chi connectivity index (χ1) is 46.2. The Balaban J connectivity index is 1.30. The van der Waals surface area contributed by atoms with Crippen LogP contribution in [0.2, 0.25) is 0 Å². The standard InChI is InChI=1S/C68H125NO27/c1-5-7-9-11-13-15-17-18-19-20-22-23-25-27-29-31-43(75)42(69-50(78)32-30-28-26-24-21-16-14-12-10-8-6-2)39-87-66-58(85)56(83)62(48(37-73)90-66)95-68-59(86)64(93-51-33-44(76)40(3)60(92-51)52(79)45(77)34-70)63(49(38-74)91-68)96-65-41(4)61(54(81)47(36-72)88-65)94-67-57(84)55(82)53(80)46(35-71)89-67/h29,31,40-49,51-68,70-77,79-86H,5-28,30,32-39H2,1-4H3,(H,69,78)/b31-29+/t40-,41?,42+,43-,44-,45-,46?,47?,48?,49?,51?,52-,53+,54+,55+,56-,57?,58?,59?,60?,61-,62-,63+,64-,65+,66-,67+,68+/m1/s1. The molecule has 96 heavy (non-hydrogen) atoms. The molecule has 28 atom stereocenters. The molecule has 5 aliphatic heterocycles. The number of carbonyl (C=O) groups is 1. The molecule has 5 saturated heterocycles. The quantitative estimate of drug-likeness (QED) is 0.0298. The third-order valence-electron chi connectivity index (χ3n) is 19.6. The summed E-state index contributed by atoms with van der Waals surface area (Å²) in [4.78, 5) is 13.5. The first-order valence-corrected chi connectivity index (χ1v) is 36.2. The number of rotatable bonds is 47. The number of hydrogen-bond acceptors (Lipinski definition) is 27. The highest BCUT2D eigenvalue weighted by molar-refractivity contribution is 5.76. The second-order valence-corrected chi connectivity index (χ2v) is 27.3. The zero-order valence-corrected chi connectivity index (χ0v) is 57.3. The summed E-state index contributed by atoms with van der Waals surface area (Å²) in [5.74, 6) is -2.36. The van der Waals surface area contributed by atoms with Gasteiger partial charge < -0.3 is 134 Å². The zero-order chi connectivity index (χ0) is 70.3. The van der Waals surface area contributed by atoms with Gasteiger partial charge in [-0.2, -0.15) is 0 Å². The fourth-order valence-corrected chi connectivity index (χ4v) is 13.3. The molecule has 0 aromatic rings. The molecule has 5 rings (SSSR count). The van der Waals surface area contributed by atoms with Gasteiger partial charge in [-0.3, -0.25) is 4.79 Å². The normalized spacial score (nSPS) is 36.6. The van der Waals surface area contributed by atoms with Crippen molar-refractivity contribution in [3.05, 3.63) is 12.2 Å². The van der Waals surface area contributed by atoms with Crippen molar-refractivity contribution in [3.8, 4) is 0 Å². The molecular formula is C68H125NO27. The van der Waals surface area contributed by atoms with E-state index in [1.807, 2.05) is 6.08 Å². The van der Waals surface area contributed by atoms with Gasteiger partial charge in [0.25, 0.3) is 0 Å². The van der Waals surface area contributed by atoms with E-state index in [4.69, 9.17) is 47.4 Å². The number of aliphatic hydroxyl groups is 16. The van der Waals surface area contributed by atoms with Gasteiger partial charge in [-0.15, -0.1) is 0 Å². The van der Waals surface area contributed by atoms with Gasteiger partial charge in [0.1, 0.15) is 97.7 Å². The molecule has 0 aromatic heterocycles. The summed E-state index contributed by atoms with van der Waals surface area (Å²) in [7, 11) is 0. The van der Waals surface area contributed by atoms with Crippen LogP contribution in [-0.4, -0.2) is 287 Å². The predicted octanol–water partition coefficient (Wildman–Crippen LogP) is 0.985. The Morgan fingerprint density at radius 3 is 1.48 bits per heavy atom. The van der Waals surface area contributed by atoms with Gasteiger partial charge in [0.15, 0.2) is 31.5 Å². The van der Waals surface area contributed by atoms with Gasteiger partial charge >= 0.3 is 0 Å². The Morgan fingerprint density at radius 1 is 0.469 bits per heavy atom. The number of nitrogens with one attached hydrogen (secondary N) is 1. The Morgan fingerprint density at radius 2 is 0.927 bits per heavy atom. The van der Waals surface area contributed by atoms with E-state index in [-0.39, 0.29) is 18.7 Å². The van der Waals surface area contributed by atoms with Crippen LogP contribution in [0.1, 0.15) is 201 Å². The number of amides is 1. The van der Waals surface area contributed by atoms with Crippen LogP contribution in [0.3, 0.4) is 0 Å². The maximum atomic E-state index is 13.5. The molecule has 0 aromatic carbocycles. The zero-order valence-electron chi connectivity index (χ0n) is 57.3. The topological polar surface area (TPSA) is 445 Å². The van der Waals surface area contributed by atoms with Crippen LogP contribution in [0.4, 0.5) is 0 Å². The van der Waals surface area contributed by atoms with Gasteiger partial charge in [0.2, 0.25) is 5.91 Å². The summed E-state index contributed by atoms with van der Waals surface area (Å²) < 4.78 is 60.8. The van der Waals surface area contributed by atoms with Crippen LogP contribution < -0.4 is 5.32 Å². The number of hydrogen-bond donors (Lipinski definition) is 17. The number of unbranched alkanes of at least 4 members (excludes halogenated alkanes) is 23. The first kappa shape index (κ1) is 84.8. The summed E-state index contributed by atoms with van der Waals surface area (Å²) in [6.45, 7) is 2.52. The predicted molar refractivity (Wildman–Crippen MR) is 346 cm³/mol. The molecule has 0 spiro atoms. The van der Waals surface area contributed by atoms with Crippen molar-refractivity contribution in [2.24, 2.45) is 11.8 Å². The minimum atomic E-state index is -2.10. The molecule has 5 fully saturated rings. The SMILES string of the molecule is CCCCCCCCCCCCCCC/C=C/[C@@H](O)[C@H](CO[C@@H]1OC(CO)[C@@H](O[C@@H]2OC(CO)[C@H](O[C@@H]3OC(CO)[C@H](O)[C@H](O[C@@H]4OC(CO)[C@H](O)[C@H](O)C4O)C3C)[C@H](OC3C[C@@H](O)[C@@H](C)C([C@H](O)[C@H](O)CO)O3)C2O)[C@H](O)C1O)NC(=O)CCCCCCCCCCCCC. The fraction of sp³-hybridized carbons (Fsp3) is 0.956. The molecular weight excluding hydrogens is 1260 g/mol. The van der Waals surface area contributed by atoms with Gasteiger partial charge in [0.05, 0.1) is 70.1 Å². The maximum Gasteiger partial charge on any atom is 0.220 e. The van der Waals surface area contributed by atoms with Crippen molar-refractivity contribution in [1.29, 1.82) is 0 Å². The van der Waals surface area contributed by atoms with Crippen molar-refractivity contribution < 1.29 is 134 Å². The van der Waals surface area contributed by atoms with Gasteiger partial charge in [-0.05, 0) is 19.3 Å². The number of allylic oxidation sites excluding steroid dienone is 1. The van der Waals surface area contributed by atoms with E-state index >= 15 is 0 Å². The molecule has 564 valence electrons. The summed E-state index contributed by atoms with van der Waals surface area (Å²) in [5, 5.41) is 178. The highest BCUT2D eigenvalue weighted by atomic mass is 16.8. The number of carbonyl (C=O) groups excluding carboxylic acids is 1. The Hall–Kier alpha value is -1.83. The molecule has 28 heteroatoms. The summed E-state index contributed by atoms with van der Waals surface area (Å²) >= 11 is 0. The average Bonchev–Trinajstić information content (AvgIpc) is 0.779. The van der Waals surface area contributed by atoms with Crippen LogP contribution in [-0.2, 0) is 52.2 Å². The lowest BCUT2D eigenvalue weighted by molar-refractivity contribution is -0.396. The minimum absolute atomic E-state index is 0.194. The molecule has 10 unspecified atom stereocenters. The number of ether oxygens (including phenoxy) is 10. The smallest absolute Gasteiger partial charge is 0.220 e. The van der Waals surface area contributed by atoms with E-state index < -0.39 is 211 Å². The maximum absolute atomic E-state index is 13.5. The number of aliphatic hydroxyl groups excluding tert-OH is 16. The van der Waals surface area contributed by atoms with Crippen LogP contribution in [0.25, 0.3) is 0 Å². The van der Waals surface area contributed by atoms with E-state index in [1.165, 1.54) is 117 Å². The molecule has 0 aliphatic carbocycles. The van der Waals surface area contributed by atoms with Crippen LogP contribution in [0, 0.1) is 11.8 Å². The van der Waals surface area contributed by atoms with E-state index in [0.717, 1.165) is 44.9 Å². The summed E-state index contributed by atoms with van der Waals surface area (Å²) in [5.41, 5.74) is 0. The molecule has 5 aliphatic rings. The van der Waals surface area contributed by atoms with Crippen molar-refractivity contribution in [1.82, 2.24) is 5.32 Å². The Bertz CT molecular complexity index is 2060. The van der Waals surface area contributed by atoms with Crippen molar-refractivity contribution in [3.63, 3.8) is 0 Å². The third kappa shape index (κ3) is 26.1. The lowest BCUT2D eigenvalue weighted by atomic mass is 9.87. The lowest BCUT2D eigenvalue weighted by Crippen LogP contribution is -2.67. The molecule has 5 heterocycles. The first-order valence-electron chi connectivity index (χ1n) is 36.2. The fourth-order valence-electron chi connectivity index (χ4n) is 13.3. The lowest BCUT2D eigenvalue weighted by Gasteiger charge is -2.51. The second kappa shape index (κ2) is 46.0. The van der Waals surface area contributed by atoms with Gasteiger partial charge in [0, 0.05) is 24.7 Å². The molecule has 0 saturated carbocycles. The monoisotopic (exact) mass is 1390 g/mol. The van der Waals surface area contributed by atoms with E-state index in [1.54, 1.807) is 6.08 Å². The average molecular weight is 1390 g/mol. The minimum Gasteiger partial charge on any atom is -0.394 e. The molecule has 1 amide bonds.